The van der Waals surface area contributed by atoms with E-state index in [9.17, 15) is 0 Å². The first-order valence-electron chi connectivity index (χ1n) is 2.35. The molecule has 0 spiro atoms. The Labute approximate surface area is 62.1 Å². The number of halogens is 1. The SMILES string of the molecule is Cc1nc(I)cn1C. The molecule has 1 heterocycles. The van der Waals surface area contributed by atoms with Gasteiger partial charge >= 0.3 is 0 Å². The van der Waals surface area contributed by atoms with Crippen molar-refractivity contribution < 1.29 is 0 Å². The Morgan fingerprint density at radius 3 is 2.50 bits per heavy atom. The first kappa shape index (κ1) is 6.07. The minimum atomic E-state index is 1.06. The molecule has 0 N–H and O–H groups in total. The Balaban J connectivity index is 3.14. The molecule has 0 radical (unpaired) electrons. The predicted molar refractivity (Wildman–Crippen MR) is 40.7 cm³/mol. The number of aryl methyl sites for hydroxylation is 2. The van der Waals surface area contributed by atoms with E-state index in [1.807, 2.05) is 24.7 Å². The summed E-state index contributed by atoms with van der Waals surface area (Å²) < 4.78 is 3.06. The van der Waals surface area contributed by atoms with Crippen LogP contribution >= 0.6 is 22.6 Å². The van der Waals surface area contributed by atoms with E-state index in [0.717, 1.165) is 9.53 Å². The van der Waals surface area contributed by atoms with Gasteiger partial charge in [-0.1, -0.05) is 0 Å². The zero-order valence-electron chi connectivity index (χ0n) is 4.85. The van der Waals surface area contributed by atoms with Crippen LogP contribution in [0.15, 0.2) is 6.20 Å². The maximum absolute atomic E-state index is 4.16. The van der Waals surface area contributed by atoms with E-state index in [4.69, 9.17) is 0 Å². The number of hydrogen-bond acceptors (Lipinski definition) is 1. The summed E-state index contributed by atoms with van der Waals surface area (Å²) in [6.07, 6.45) is 2.00. The van der Waals surface area contributed by atoms with Crippen LogP contribution in [0, 0.1) is 10.6 Å². The summed E-state index contributed by atoms with van der Waals surface area (Å²) in [5.41, 5.74) is 0. The number of hydrogen-bond donors (Lipinski definition) is 0. The molecule has 44 valence electrons. The number of imidazole rings is 1. The van der Waals surface area contributed by atoms with Gasteiger partial charge in [0.2, 0.25) is 0 Å². The third-order valence-corrected chi connectivity index (χ3v) is 1.60. The summed E-state index contributed by atoms with van der Waals surface area (Å²) in [5.74, 6) is 1.06. The van der Waals surface area contributed by atoms with Crippen molar-refractivity contribution in [2.75, 3.05) is 0 Å². The first-order chi connectivity index (χ1) is 3.70. The predicted octanol–water partition coefficient (Wildman–Crippen LogP) is 1.33. The summed E-state index contributed by atoms with van der Waals surface area (Å²) in [7, 11) is 1.99. The summed E-state index contributed by atoms with van der Waals surface area (Å²) in [6, 6.07) is 0. The average Bonchev–Trinajstić information content (AvgIpc) is 1.85. The summed E-state index contributed by atoms with van der Waals surface area (Å²) in [6.45, 7) is 1.99. The van der Waals surface area contributed by atoms with Gasteiger partial charge < -0.3 is 4.57 Å². The van der Waals surface area contributed by atoms with Gasteiger partial charge in [0.25, 0.3) is 0 Å². The summed E-state index contributed by atoms with van der Waals surface area (Å²) in [5, 5.41) is 0. The lowest BCUT2D eigenvalue weighted by Gasteiger charge is -1.87. The van der Waals surface area contributed by atoms with Crippen LogP contribution in [0.25, 0.3) is 0 Å². The molecule has 0 saturated carbocycles. The minimum absolute atomic E-state index is 1.06. The highest BCUT2D eigenvalue weighted by molar-refractivity contribution is 14.1. The van der Waals surface area contributed by atoms with Crippen molar-refractivity contribution in [1.29, 1.82) is 0 Å². The van der Waals surface area contributed by atoms with Crippen molar-refractivity contribution in [3.05, 3.63) is 15.7 Å². The molecule has 1 aromatic rings. The van der Waals surface area contributed by atoms with Gasteiger partial charge in [-0.3, -0.25) is 0 Å². The lowest BCUT2D eigenvalue weighted by molar-refractivity contribution is 0.858. The summed E-state index contributed by atoms with van der Waals surface area (Å²) in [4.78, 5) is 4.16. The molecule has 0 unspecified atom stereocenters. The molecule has 0 aliphatic heterocycles. The standard InChI is InChI=1S/C5H7IN2/c1-4-7-5(6)3-8(4)2/h3H,1-2H3. The smallest absolute Gasteiger partial charge is 0.119 e. The van der Waals surface area contributed by atoms with Crippen LogP contribution in [0.4, 0.5) is 0 Å². The second-order valence-corrected chi connectivity index (χ2v) is 2.83. The Hall–Kier alpha value is -0.0600. The molecular formula is C5H7IN2. The summed E-state index contributed by atoms with van der Waals surface area (Å²) >= 11 is 2.19. The van der Waals surface area contributed by atoms with Gasteiger partial charge in [-0.15, -0.1) is 0 Å². The topological polar surface area (TPSA) is 17.8 Å². The lowest BCUT2D eigenvalue weighted by atomic mass is 10.7. The van der Waals surface area contributed by atoms with E-state index in [-0.39, 0.29) is 0 Å². The Kier molecular flexibility index (Phi) is 1.55. The minimum Gasteiger partial charge on any atom is -0.337 e. The average molecular weight is 222 g/mol. The van der Waals surface area contributed by atoms with Crippen molar-refractivity contribution in [3.8, 4) is 0 Å². The molecule has 8 heavy (non-hydrogen) atoms. The van der Waals surface area contributed by atoms with Gasteiger partial charge in [0.1, 0.15) is 9.53 Å². The first-order valence-corrected chi connectivity index (χ1v) is 3.43. The van der Waals surface area contributed by atoms with Crippen molar-refractivity contribution in [2.45, 2.75) is 6.92 Å². The molecule has 1 rings (SSSR count). The van der Waals surface area contributed by atoms with Gasteiger partial charge in [-0.25, -0.2) is 4.98 Å². The van der Waals surface area contributed by atoms with E-state index in [1.54, 1.807) is 0 Å². The van der Waals surface area contributed by atoms with Crippen molar-refractivity contribution in [3.63, 3.8) is 0 Å². The van der Waals surface area contributed by atoms with Crippen LogP contribution in [0.1, 0.15) is 5.82 Å². The van der Waals surface area contributed by atoms with E-state index >= 15 is 0 Å². The molecule has 0 aliphatic rings. The lowest BCUT2D eigenvalue weighted by Crippen LogP contribution is -1.86. The van der Waals surface area contributed by atoms with Gasteiger partial charge in [0, 0.05) is 13.2 Å². The van der Waals surface area contributed by atoms with Crippen LogP contribution in [0.2, 0.25) is 0 Å². The maximum atomic E-state index is 4.16. The third kappa shape index (κ3) is 1.02. The molecule has 0 fully saturated rings. The largest absolute Gasteiger partial charge is 0.337 e. The highest BCUT2D eigenvalue weighted by Gasteiger charge is 1.93. The maximum Gasteiger partial charge on any atom is 0.119 e. The van der Waals surface area contributed by atoms with Crippen LogP contribution in [0.3, 0.4) is 0 Å². The monoisotopic (exact) mass is 222 g/mol. The molecule has 3 heteroatoms. The van der Waals surface area contributed by atoms with Gasteiger partial charge in [-0.2, -0.15) is 0 Å². The van der Waals surface area contributed by atoms with Crippen molar-refractivity contribution in [1.82, 2.24) is 9.55 Å². The van der Waals surface area contributed by atoms with Gasteiger partial charge in [0.05, 0.1) is 0 Å². The second-order valence-electron chi connectivity index (χ2n) is 1.72. The second kappa shape index (κ2) is 2.05. The van der Waals surface area contributed by atoms with E-state index in [0.29, 0.717) is 0 Å². The molecule has 0 saturated heterocycles. The third-order valence-electron chi connectivity index (χ3n) is 1.08. The molecular weight excluding hydrogens is 215 g/mol. The zero-order valence-corrected chi connectivity index (χ0v) is 7.01. The molecule has 1 aromatic heterocycles. The molecule has 0 aliphatic carbocycles. The van der Waals surface area contributed by atoms with Crippen molar-refractivity contribution in [2.24, 2.45) is 7.05 Å². The van der Waals surface area contributed by atoms with Gasteiger partial charge in [0.15, 0.2) is 0 Å². The van der Waals surface area contributed by atoms with Crippen LogP contribution in [0.5, 0.6) is 0 Å². The number of nitrogens with zero attached hydrogens (tertiary/aromatic N) is 2. The Morgan fingerprint density at radius 2 is 2.38 bits per heavy atom. The highest BCUT2D eigenvalue weighted by Crippen LogP contribution is 2.01. The number of rotatable bonds is 0. The van der Waals surface area contributed by atoms with E-state index in [2.05, 4.69) is 27.6 Å². The molecule has 2 nitrogen and oxygen atoms in total. The van der Waals surface area contributed by atoms with Crippen LogP contribution < -0.4 is 0 Å². The fourth-order valence-corrected chi connectivity index (χ4v) is 1.28. The molecule has 0 amide bonds. The van der Waals surface area contributed by atoms with E-state index in [1.165, 1.54) is 0 Å². The Bertz CT molecular complexity index is 173. The normalized spacial score (nSPS) is 9.88. The Morgan fingerprint density at radius 1 is 1.75 bits per heavy atom. The highest BCUT2D eigenvalue weighted by atomic mass is 127. The quantitative estimate of drug-likeness (QED) is 0.605. The van der Waals surface area contributed by atoms with Gasteiger partial charge in [-0.05, 0) is 29.5 Å². The zero-order chi connectivity index (χ0) is 6.15. The fraction of sp³-hybridized carbons (Fsp3) is 0.400. The number of aromatic nitrogens is 2. The molecule has 0 aromatic carbocycles. The molecule has 0 bridgehead atoms. The van der Waals surface area contributed by atoms with Crippen molar-refractivity contribution >= 4 is 22.6 Å². The van der Waals surface area contributed by atoms with Crippen LogP contribution in [-0.4, -0.2) is 9.55 Å². The fourth-order valence-electron chi connectivity index (χ4n) is 0.516. The van der Waals surface area contributed by atoms with E-state index < -0.39 is 0 Å². The molecule has 0 atom stereocenters. The van der Waals surface area contributed by atoms with Crippen LogP contribution in [-0.2, 0) is 7.05 Å².